The number of aromatic nitrogens is 2. The molecule has 1 heterocycles. The molecule has 0 fully saturated rings. The van der Waals surface area contributed by atoms with E-state index in [1.54, 1.807) is 36.4 Å². The molecule has 3 aromatic carbocycles. The Morgan fingerprint density at radius 3 is 2.26 bits per heavy atom. The van der Waals surface area contributed by atoms with Crippen LogP contribution in [-0.4, -0.2) is 29.2 Å². The first-order valence-corrected chi connectivity index (χ1v) is 12.4. The van der Waals surface area contributed by atoms with E-state index in [-0.39, 0.29) is 29.3 Å². The number of carbonyl (C=O) groups excluding carboxylic acids is 1. The lowest BCUT2D eigenvalue weighted by molar-refractivity contribution is 0.0941. The lowest BCUT2D eigenvalue weighted by atomic mass is 10.1. The maximum Gasteiger partial charge on any atom is 0.276 e. The number of amides is 1. The van der Waals surface area contributed by atoms with Crippen LogP contribution in [0.4, 0.5) is 0 Å². The van der Waals surface area contributed by atoms with E-state index in [2.05, 4.69) is 10.4 Å². The van der Waals surface area contributed by atoms with Crippen LogP contribution in [0.2, 0.25) is 0 Å². The predicted octanol–water partition coefficient (Wildman–Crippen LogP) is 2.95. The van der Waals surface area contributed by atoms with Gasteiger partial charge in [0.15, 0.2) is 11.4 Å². The number of sulfone groups is 1. The maximum atomic E-state index is 13.1. The summed E-state index contributed by atoms with van der Waals surface area (Å²) in [7, 11) is -3.74. The molecule has 0 aliphatic carbocycles. The Kier molecular flexibility index (Phi) is 7.07. The molecular formula is C26H23N3O5S. The first-order chi connectivity index (χ1) is 16.9. The Morgan fingerprint density at radius 1 is 0.914 bits per heavy atom. The molecule has 1 aromatic heterocycles. The maximum absolute atomic E-state index is 13.1. The van der Waals surface area contributed by atoms with Crippen LogP contribution in [0.3, 0.4) is 0 Å². The van der Waals surface area contributed by atoms with Crippen molar-refractivity contribution in [2.24, 2.45) is 0 Å². The summed E-state index contributed by atoms with van der Waals surface area (Å²) in [6, 6.07) is 23.9. The normalized spacial score (nSPS) is 11.2. The van der Waals surface area contributed by atoms with Gasteiger partial charge in [-0.05, 0) is 35.7 Å². The molecule has 0 aliphatic rings. The van der Waals surface area contributed by atoms with Crippen LogP contribution in [0.15, 0.2) is 106 Å². The van der Waals surface area contributed by atoms with Crippen molar-refractivity contribution in [3.63, 3.8) is 0 Å². The number of nitrogens with one attached hydrogen (secondary N) is 1. The molecule has 0 radical (unpaired) electrons. The first kappa shape index (κ1) is 23.9. The lowest BCUT2D eigenvalue weighted by Crippen LogP contribution is -2.31. The van der Waals surface area contributed by atoms with E-state index in [9.17, 15) is 23.1 Å². The lowest BCUT2D eigenvalue weighted by Gasteiger charge is -2.12. The average molecular weight is 490 g/mol. The summed E-state index contributed by atoms with van der Waals surface area (Å²) in [5.41, 5.74) is 0.0778. The average Bonchev–Trinajstić information content (AvgIpc) is 2.89. The van der Waals surface area contributed by atoms with Crippen molar-refractivity contribution in [1.29, 1.82) is 0 Å². The van der Waals surface area contributed by atoms with Gasteiger partial charge in [0.05, 0.1) is 16.0 Å². The van der Waals surface area contributed by atoms with Crippen molar-refractivity contribution in [2.75, 3.05) is 0 Å². The smallest absolute Gasteiger partial charge is 0.276 e. The fraction of sp³-hybridized carbons (Fsp3) is 0.115. The second-order valence-electron chi connectivity index (χ2n) is 7.80. The van der Waals surface area contributed by atoms with E-state index in [4.69, 9.17) is 0 Å². The molecule has 1 amide bonds. The molecule has 8 nitrogen and oxygen atoms in total. The second-order valence-corrected chi connectivity index (χ2v) is 9.72. The van der Waals surface area contributed by atoms with E-state index < -0.39 is 32.6 Å². The third kappa shape index (κ3) is 5.47. The Balaban J connectivity index is 1.55. The highest BCUT2D eigenvalue weighted by Crippen LogP contribution is 2.24. The van der Waals surface area contributed by atoms with Crippen molar-refractivity contribution in [3.05, 3.63) is 118 Å². The van der Waals surface area contributed by atoms with Gasteiger partial charge in [0, 0.05) is 13.1 Å². The zero-order chi connectivity index (χ0) is 24.8. The molecule has 2 N–H and O–H groups in total. The molecule has 4 aromatic rings. The minimum absolute atomic E-state index is 0.133. The van der Waals surface area contributed by atoms with E-state index in [0.29, 0.717) is 5.56 Å². The summed E-state index contributed by atoms with van der Waals surface area (Å²) in [5, 5.41) is 16.8. The minimum atomic E-state index is -3.74. The predicted molar refractivity (Wildman–Crippen MR) is 130 cm³/mol. The van der Waals surface area contributed by atoms with Crippen LogP contribution >= 0.6 is 0 Å². The van der Waals surface area contributed by atoms with E-state index >= 15 is 0 Å². The van der Waals surface area contributed by atoms with Crippen molar-refractivity contribution in [2.45, 2.75) is 29.3 Å². The van der Waals surface area contributed by atoms with Gasteiger partial charge in [-0.25, -0.2) is 8.42 Å². The topological polar surface area (TPSA) is 118 Å². The number of aryl methyl sites for hydroxylation is 2. The Labute approximate surface area is 202 Å². The summed E-state index contributed by atoms with van der Waals surface area (Å²) in [6.45, 7) is 0.329. The van der Waals surface area contributed by atoms with E-state index in [0.717, 1.165) is 11.8 Å². The Morgan fingerprint density at radius 2 is 1.54 bits per heavy atom. The summed E-state index contributed by atoms with van der Waals surface area (Å²) in [6.07, 6.45) is 1.37. The van der Waals surface area contributed by atoms with Crippen LogP contribution in [0.25, 0.3) is 0 Å². The molecule has 0 unspecified atom stereocenters. The summed E-state index contributed by atoms with van der Waals surface area (Å²) in [4.78, 5) is 25.3. The molecule has 0 aliphatic heterocycles. The number of hydrogen-bond donors (Lipinski definition) is 2. The van der Waals surface area contributed by atoms with Crippen molar-refractivity contribution < 1.29 is 18.3 Å². The van der Waals surface area contributed by atoms with Gasteiger partial charge in [0.25, 0.3) is 11.3 Å². The summed E-state index contributed by atoms with van der Waals surface area (Å²) >= 11 is 0. The molecular weight excluding hydrogens is 466 g/mol. The van der Waals surface area contributed by atoms with E-state index in [1.807, 2.05) is 30.3 Å². The zero-order valence-electron chi connectivity index (χ0n) is 18.7. The van der Waals surface area contributed by atoms with Gasteiger partial charge in [-0.15, -0.1) is 0 Å². The number of nitrogens with zero attached hydrogens (tertiary/aromatic N) is 2. The van der Waals surface area contributed by atoms with Gasteiger partial charge >= 0.3 is 0 Å². The Bertz CT molecular complexity index is 1500. The highest BCUT2D eigenvalue weighted by Gasteiger charge is 2.21. The highest BCUT2D eigenvalue weighted by atomic mass is 32.2. The molecule has 0 saturated carbocycles. The number of benzene rings is 3. The molecule has 4 rings (SSSR count). The number of carbonyl (C=O) groups is 1. The van der Waals surface area contributed by atoms with Crippen LogP contribution in [0.5, 0.6) is 5.75 Å². The fourth-order valence-corrected chi connectivity index (χ4v) is 5.13. The molecule has 0 bridgehead atoms. The number of aromatic hydroxyl groups is 1. The minimum Gasteiger partial charge on any atom is -0.503 e. The van der Waals surface area contributed by atoms with E-state index in [1.165, 1.54) is 22.9 Å². The monoisotopic (exact) mass is 489 g/mol. The molecule has 0 spiro atoms. The van der Waals surface area contributed by atoms with Crippen LogP contribution in [0.1, 0.15) is 21.6 Å². The van der Waals surface area contributed by atoms with Gasteiger partial charge in [-0.2, -0.15) is 5.10 Å². The number of hydrogen-bond acceptors (Lipinski definition) is 6. The van der Waals surface area contributed by atoms with Crippen LogP contribution < -0.4 is 10.7 Å². The molecule has 178 valence electrons. The Hall–Kier alpha value is -4.24. The van der Waals surface area contributed by atoms with Crippen LogP contribution in [0, 0.1) is 0 Å². The summed E-state index contributed by atoms with van der Waals surface area (Å²) in [5.74, 6) is -1.33. The van der Waals surface area contributed by atoms with Crippen LogP contribution in [-0.2, 0) is 29.3 Å². The largest absolute Gasteiger partial charge is 0.503 e. The standard InChI is InChI=1S/C26H23N3O5S/c30-22-18-29(28-24(25(22)31)26(32)27-17-19-9-3-1-4-10-19)16-15-20-11-7-8-14-23(20)35(33,34)21-12-5-2-6-13-21/h1-14,18,30H,15-17H2,(H,27,32). The molecule has 0 saturated heterocycles. The SMILES string of the molecule is O=C(NCc1ccccc1)c1nn(CCc2ccccc2S(=O)(=O)c2ccccc2)cc(O)c1=O. The summed E-state index contributed by atoms with van der Waals surface area (Å²) < 4.78 is 27.5. The number of rotatable bonds is 8. The van der Waals surface area contributed by atoms with Crippen molar-refractivity contribution in [3.8, 4) is 5.75 Å². The fourth-order valence-electron chi connectivity index (χ4n) is 3.58. The van der Waals surface area contributed by atoms with Gasteiger partial charge in [-0.3, -0.25) is 14.3 Å². The molecule has 35 heavy (non-hydrogen) atoms. The highest BCUT2D eigenvalue weighted by molar-refractivity contribution is 7.91. The third-order valence-corrected chi connectivity index (χ3v) is 7.25. The van der Waals surface area contributed by atoms with Gasteiger partial charge in [-0.1, -0.05) is 66.7 Å². The zero-order valence-corrected chi connectivity index (χ0v) is 19.5. The third-order valence-electron chi connectivity index (χ3n) is 5.38. The first-order valence-electron chi connectivity index (χ1n) is 10.9. The van der Waals surface area contributed by atoms with Crippen molar-refractivity contribution >= 4 is 15.7 Å². The molecule has 0 atom stereocenters. The quantitative estimate of drug-likeness (QED) is 0.393. The second kappa shape index (κ2) is 10.4. The molecule has 9 heteroatoms. The van der Waals surface area contributed by atoms with Crippen molar-refractivity contribution in [1.82, 2.24) is 15.1 Å². The van der Waals surface area contributed by atoms with Gasteiger partial charge in [0.2, 0.25) is 9.84 Å². The van der Waals surface area contributed by atoms with Gasteiger partial charge < -0.3 is 10.4 Å². The van der Waals surface area contributed by atoms with Gasteiger partial charge in [0.1, 0.15) is 0 Å².